The lowest BCUT2D eigenvalue weighted by Gasteiger charge is -2.18. The Morgan fingerprint density at radius 1 is 1.05 bits per heavy atom. The molecule has 0 spiro atoms. The third kappa shape index (κ3) is 8.12. The van der Waals surface area contributed by atoms with E-state index in [4.69, 9.17) is 11.6 Å². The average Bonchev–Trinajstić information content (AvgIpc) is 3.21. The number of rotatable bonds is 14. The summed E-state index contributed by atoms with van der Waals surface area (Å²) >= 11 is 4.09. The average molecular weight is 611 g/mol. The van der Waals surface area contributed by atoms with Crippen molar-refractivity contribution in [2.24, 2.45) is 0 Å². The van der Waals surface area contributed by atoms with Crippen LogP contribution in [0.15, 0.2) is 36.4 Å². The van der Waals surface area contributed by atoms with Crippen LogP contribution >= 0.6 is 11.6 Å². The molecule has 0 bridgehead atoms. The van der Waals surface area contributed by atoms with Crippen molar-refractivity contribution < 1.29 is 26.8 Å². The Morgan fingerprint density at radius 2 is 1.73 bits per heavy atom. The van der Waals surface area contributed by atoms with Crippen molar-refractivity contribution in [3.63, 3.8) is 0 Å². The van der Waals surface area contributed by atoms with Gasteiger partial charge in [0.15, 0.2) is 0 Å². The van der Waals surface area contributed by atoms with Crippen molar-refractivity contribution in [3.8, 4) is 0 Å². The van der Waals surface area contributed by atoms with Gasteiger partial charge in [0.1, 0.15) is 5.82 Å². The van der Waals surface area contributed by atoms with Crippen LogP contribution in [0.2, 0.25) is 5.02 Å². The number of benzene rings is 2. The lowest BCUT2D eigenvalue weighted by atomic mass is 10.1. The fourth-order valence-corrected chi connectivity index (χ4v) is 6.12. The Kier molecular flexibility index (Phi) is 11.3. The van der Waals surface area contributed by atoms with E-state index in [-0.39, 0.29) is 35.0 Å². The molecule has 1 atom stereocenters. The zero-order valence-electron chi connectivity index (χ0n) is 22.9. The first-order chi connectivity index (χ1) is 19.0. The molecule has 2 aromatic carbocycles. The predicted octanol–water partition coefficient (Wildman–Crippen LogP) is 5.07. The molecule has 1 heterocycles. The zero-order chi connectivity index (χ0) is 29.4. The Bertz CT molecular complexity index is 1510. The molecule has 0 saturated heterocycles. The number of hydrogen-bond acceptors (Lipinski definition) is 6. The molecular weight excluding hydrogens is 576 g/mol. The van der Waals surface area contributed by atoms with Crippen LogP contribution in [-0.4, -0.2) is 55.1 Å². The van der Waals surface area contributed by atoms with E-state index in [1.807, 2.05) is 18.4 Å². The van der Waals surface area contributed by atoms with Gasteiger partial charge in [-0.05, 0) is 55.7 Å². The van der Waals surface area contributed by atoms with Gasteiger partial charge in [-0.1, -0.05) is 57.2 Å². The topological polar surface area (TPSA) is 139 Å². The van der Waals surface area contributed by atoms with E-state index in [1.54, 1.807) is 31.2 Å². The van der Waals surface area contributed by atoms with Crippen LogP contribution in [0.1, 0.15) is 84.5 Å². The summed E-state index contributed by atoms with van der Waals surface area (Å²) < 4.78 is 50.9. The minimum Gasteiger partial charge on any atom is -0.324 e. The molecule has 0 aliphatic heterocycles. The van der Waals surface area contributed by atoms with E-state index in [9.17, 15) is 26.8 Å². The number of carbonyl (C=O) groups excluding carboxylic acids is 2. The highest BCUT2D eigenvalue weighted by molar-refractivity contribution is 7.90. The standard InChI is InChI=1S/C27H35ClN4O6S2/c1-4-6-8-14-32(39(35)36)27(34)21-10-11-22(23(28)16-21)18-31-19(3)29-24-13-12-20(17-25(24)31)26(33)30-40(37,38)15-9-7-5-2/h10-13,16-17H,4-9,14-15,18H2,1-3H3,(H,30,33)(H,35,36). The van der Waals surface area contributed by atoms with Crippen LogP contribution in [0.25, 0.3) is 11.0 Å². The van der Waals surface area contributed by atoms with Gasteiger partial charge in [0.25, 0.3) is 23.1 Å². The summed E-state index contributed by atoms with van der Waals surface area (Å²) in [5.41, 5.74) is 2.27. The highest BCUT2D eigenvalue weighted by Gasteiger charge is 2.22. The number of nitrogens with one attached hydrogen (secondary N) is 1. The molecule has 0 aliphatic carbocycles. The molecular formula is C27H35ClN4O6S2. The van der Waals surface area contributed by atoms with E-state index in [2.05, 4.69) is 9.71 Å². The Morgan fingerprint density at radius 3 is 2.38 bits per heavy atom. The molecule has 40 heavy (non-hydrogen) atoms. The molecule has 13 heteroatoms. The number of aryl methyl sites for hydroxylation is 1. The minimum atomic E-state index is -3.75. The van der Waals surface area contributed by atoms with Crippen LogP contribution in [0, 0.1) is 6.92 Å². The smallest absolute Gasteiger partial charge is 0.267 e. The molecule has 2 amide bonds. The summed E-state index contributed by atoms with van der Waals surface area (Å²) in [6.45, 7) is 6.19. The van der Waals surface area contributed by atoms with Gasteiger partial charge in [-0.15, -0.1) is 0 Å². The summed E-state index contributed by atoms with van der Waals surface area (Å²) in [6, 6.07) is 9.47. The molecule has 0 saturated carbocycles. The van der Waals surface area contributed by atoms with Crippen LogP contribution in [0.3, 0.4) is 0 Å². The number of amides is 2. The van der Waals surface area contributed by atoms with Crippen molar-refractivity contribution in [3.05, 3.63) is 63.9 Å². The van der Waals surface area contributed by atoms with Gasteiger partial charge in [0.2, 0.25) is 10.0 Å². The summed E-state index contributed by atoms with van der Waals surface area (Å²) in [5.74, 6) is -0.772. The van der Waals surface area contributed by atoms with Crippen LogP contribution in [0.4, 0.5) is 0 Å². The first-order valence-electron chi connectivity index (χ1n) is 13.2. The Labute approximate surface area is 242 Å². The third-order valence-corrected chi connectivity index (χ3v) is 8.87. The number of unbranched alkanes of at least 4 members (excludes halogenated alkanes) is 4. The fourth-order valence-electron chi connectivity index (χ4n) is 4.26. The molecule has 0 radical (unpaired) electrons. The van der Waals surface area contributed by atoms with Crippen LogP contribution in [0.5, 0.6) is 0 Å². The minimum absolute atomic E-state index is 0.117. The summed E-state index contributed by atoms with van der Waals surface area (Å²) in [4.78, 5) is 30.2. The van der Waals surface area contributed by atoms with Crippen LogP contribution in [-0.2, 0) is 27.8 Å². The summed E-state index contributed by atoms with van der Waals surface area (Å²) in [7, 11) is -3.75. The highest BCUT2D eigenvalue weighted by Crippen LogP contribution is 2.25. The highest BCUT2D eigenvalue weighted by atomic mass is 35.5. The fraction of sp³-hybridized carbons (Fsp3) is 0.444. The predicted molar refractivity (Wildman–Crippen MR) is 157 cm³/mol. The van der Waals surface area contributed by atoms with E-state index in [1.165, 1.54) is 12.1 Å². The van der Waals surface area contributed by atoms with Gasteiger partial charge in [0, 0.05) is 22.7 Å². The van der Waals surface area contributed by atoms with E-state index < -0.39 is 33.1 Å². The lowest BCUT2D eigenvalue weighted by molar-refractivity contribution is 0.0857. The maximum absolute atomic E-state index is 12.9. The molecule has 3 rings (SSSR count). The molecule has 2 N–H and O–H groups in total. The second kappa shape index (κ2) is 14.2. The van der Waals surface area contributed by atoms with Crippen molar-refractivity contribution in [2.45, 2.75) is 65.8 Å². The zero-order valence-corrected chi connectivity index (χ0v) is 25.2. The second-order valence-electron chi connectivity index (χ2n) is 9.56. The van der Waals surface area contributed by atoms with Gasteiger partial charge in [-0.3, -0.25) is 14.1 Å². The van der Waals surface area contributed by atoms with Gasteiger partial charge >= 0.3 is 0 Å². The third-order valence-electron chi connectivity index (χ3n) is 6.47. The molecule has 10 nitrogen and oxygen atoms in total. The molecule has 0 fully saturated rings. The van der Waals surface area contributed by atoms with Crippen molar-refractivity contribution in [1.82, 2.24) is 18.6 Å². The number of nitrogens with zero attached hydrogens (tertiary/aromatic N) is 3. The number of sulfonamides is 1. The van der Waals surface area contributed by atoms with Gasteiger partial charge in [0.05, 0.1) is 23.3 Å². The molecule has 218 valence electrons. The number of fused-ring (bicyclic) bond motifs is 1. The summed E-state index contributed by atoms with van der Waals surface area (Å²) in [5, 5.41) is 0.288. The first-order valence-corrected chi connectivity index (χ1v) is 16.3. The van der Waals surface area contributed by atoms with Crippen molar-refractivity contribution >= 4 is 55.7 Å². The van der Waals surface area contributed by atoms with Crippen LogP contribution < -0.4 is 4.72 Å². The SMILES string of the molecule is CCCCCN(C(=O)c1ccc(Cn2c(C)nc3ccc(C(=O)NS(=O)(=O)CCCCC)cc32)c(Cl)c1)S(=O)O. The number of carbonyl (C=O) groups is 2. The normalized spacial score (nSPS) is 12.4. The molecule has 1 aromatic heterocycles. The molecule has 0 aliphatic rings. The number of aromatic nitrogens is 2. The van der Waals surface area contributed by atoms with E-state index >= 15 is 0 Å². The quantitative estimate of drug-likeness (QED) is 0.192. The monoisotopic (exact) mass is 610 g/mol. The number of imidazole rings is 1. The summed E-state index contributed by atoms with van der Waals surface area (Å²) in [6.07, 6.45) is 4.45. The number of hydrogen-bond donors (Lipinski definition) is 2. The van der Waals surface area contributed by atoms with E-state index in [0.29, 0.717) is 35.3 Å². The Hall–Kier alpha value is -2.80. The van der Waals surface area contributed by atoms with Crippen molar-refractivity contribution in [2.75, 3.05) is 12.3 Å². The second-order valence-corrected chi connectivity index (χ2v) is 12.7. The number of halogens is 1. The Balaban J connectivity index is 1.83. The maximum atomic E-state index is 12.9. The van der Waals surface area contributed by atoms with Gasteiger partial charge in [-0.25, -0.2) is 26.6 Å². The molecule has 1 unspecified atom stereocenters. The largest absolute Gasteiger partial charge is 0.324 e. The maximum Gasteiger partial charge on any atom is 0.267 e. The molecule has 3 aromatic rings. The van der Waals surface area contributed by atoms with Crippen molar-refractivity contribution in [1.29, 1.82) is 0 Å². The van der Waals surface area contributed by atoms with Gasteiger partial charge in [-0.2, -0.15) is 0 Å². The van der Waals surface area contributed by atoms with Gasteiger partial charge < -0.3 is 4.57 Å². The lowest BCUT2D eigenvalue weighted by Crippen LogP contribution is -2.33. The van der Waals surface area contributed by atoms with E-state index in [0.717, 1.165) is 30.0 Å². The first kappa shape index (κ1) is 31.7.